The maximum absolute atomic E-state index is 12.8. The fourth-order valence-electron chi connectivity index (χ4n) is 5.28. The third kappa shape index (κ3) is 4.00. The monoisotopic (exact) mass is 424 g/mol. The largest absolute Gasteiger partial charge is 0.376 e. The first-order valence-corrected chi connectivity index (χ1v) is 11.5. The van der Waals surface area contributed by atoms with Crippen LogP contribution in [-0.2, 0) is 23.4 Å². The lowest BCUT2D eigenvalue weighted by Gasteiger charge is -2.49. The molecule has 0 saturated carbocycles. The van der Waals surface area contributed by atoms with Gasteiger partial charge in [-0.3, -0.25) is 14.6 Å². The zero-order chi connectivity index (χ0) is 21.3. The Morgan fingerprint density at radius 3 is 2.71 bits per heavy atom. The van der Waals surface area contributed by atoms with Crippen molar-refractivity contribution in [3.05, 3.63) is 47.5 Å². The molecular formula is C23H32N6O2. The number of likely N-dealkylation sites (tertiary alicyclic amines) is 1. The molecule has 5 rings (SSSR count). The van der Waals surface area contributed by atoms with Crippen LogP contribution < -0.4 is 5.32 Å². The van der Waals surface area contributed by atoms with Crippen molar-refractivity contribution < 1.29 is 9.53 Å². The Balaban J connectivity index is 1.28. The second kappa shape index (κ2) is 8.68. The van der Waals surface area contributed by atoms with Crippen LogP contribution in [0.2, 0.25) is 0 Å². The summed E-state index contributed by atoms with van der Waals surface area (Å²) in [4.78, 5) is 17.8. The second-order valence-corrected chi connectivity index (χ2v) is 9.06. The van der Waals surface area contributed by atoms with Crippen molar-refractivity contribution in [1.82, 2.24) is 29.9 Å². The number of piperidine rings is 1. The number of aromatic nitrogens is 3. The van der Waals surface area contributed by atoms with Crippen molar-refractivity contribution in [3.8, 4) is 0 Å². The molecule has 166 valence electrons. The van der Waals surface area contributed by atoms with Gasteiger partial charge in [0.05, 0.1) is 11.6 Å². The van der Waals surface area contributed by atoms with Crippen LogP contribution in [0.15, 0.2) is 30.3 Å². The van der Waals surface area contributed by atoms with Gasteiger partial charge < -0.3 is 14.6 Å². The Hall–Kier alpha value is -2.29. The Kier molecular flexibility index (Phi) is 5.77. The first-order chi connectivity index (χ1) is 15.2. The van der Waals surface area contributed by atoms with E-state index in [0.29, 0.717) is 12.4 Å². The summed E-state index contributed by atoms with van der Waals surface area (Å²) < 4.78 is 7.67. The molecule has 1 amide bonds. The van der Waals surface area contributed by atoms with Gasteiger partial charge in [-0.25, -0.2) is 0 Å². The van der Waals surface area contributed by atoms with Gasteiger partial charge in [0, 0.05) is 45.9 Å². The van der Waals surface area contributed by atoms with Gasteiger partial charge in [-0.1, -0.05) is 30.3 Å². The van der Waals surface area contributed by atoms with Crippen LogP contribution >= 0.6 is 0 Å². The van der Waals surface area contributed by atoms with Gasteiger partial charge in [-0.15, -0.1) is 10.2 Å². The number of hydrogen-bond donors (Lipinski definition) is 1. The summed E-state index contributed by atoms with van der Waals surface area (Å²) in [5, 5.41) is 11.9. The molecular weight excluding hydrogens is 392 g/mol. The SMILES string of the molecule is CN1CCn2c(C(=O)NCC3CCCO3)nnc2C12CCN(Cc1ccccc1)CC2. The van der Waals surface area contributed by atoms with Crippen LogP contribution in [-0.4, -0.2) is 76.4 Å². The van der Waals surface area contributed by atoms with Crippen molar-refractivity contribution in [1.29, 1.82) is 0 Å². The van der Waals surface area contributed by atoms with E-state index in [1.807, 2.05) is 0 Å². The number of likely N-dealkylation sites (N-methyl/N-ethyl adjacent to an activating group) is 1. The van der Waals surface area contributed by atoms with Gasteiger partial charge >= 0.3 is 0 Å². The molecule has 2 saturated heterocycles. The molecule has 1 atom stereocenters. The lowest BCUT2D eigenvalue weighted by atomic mass is 9.83. The highest BCUT2D eigenvalue weighted by molar-refractivity contribution is 5.90. The number of benzene rings is 1. The van der Waals surface area contributed by atoms with E-state index in [1.165, 1.54) is 5.56 Å². The Bertz CT molecular complexity index is 900. The zero-order valence-corrected chi connectivity index (χ0v) is 18.3. The summed E-state index contributed by atoms with van der Waals surface area (Å²) >= 11 is 0. The number of amides is 1. The van der Waals surface area contributed by atoms with Crippen LogP contribution in [0.5, 0.6) is 0 Å². The number of carbonyl (C=O) groups excluding carboxylic acids is 1. The fourth-order valence-corrected chi connectivity index (χ4v) is 5.28. The van der Waals surface area contributed by atoms with Gasteiger partial charge in [0.25, 0.3) is 5.91 Å². The molecule has 1 aromatic heterocycles. The average molecular weight is 425 g/mol. The first-order valence-electron chi connectivity index (χ1n) is 11.5. The molecule has 1 spiro atoms. The lowest BCUT2D eigenvalue weighted by Crippen LogP contribution is -2.56. The molecule has 3 aliphatic rings. The van der Waals surface area contributed by atoms with Gasteiger partial charge in [0.15, 0.2) is 5.82 Å². The van der Waals surface area contributed by atoms with Crippen molar-refractivity contribution in [3.63, 3.8) is 0 Å². The summed E-state index contributed by atoms with van der Waals surface area (Å²) in [6, 6.07) is 10.6. The van der Waals surface area contributed by atoms with E-state index in [4.69, 9.17) is 4.74 Å². The molecule has 1 aromatic carbocycles. The fraction of sp³-hybridized carbons (Fsp3) is 0.609. The molecule has 31 heavy (non-hydrogen) atoms. The topological polar surface area (TPSA) is 75.5 Å². The van der Waals surface area contributed by atoms with Crippen LogP contribution in [0, 0.1) is 0 Å². The number of hydrogen-bond acceptors (Lipinski definition) is 6. The average Bonchev–Trinajstić information content (AvgIpc) is 3.47. The molecule has 1 N–H and O–H groups in total. The summed E-state index contributed by atoms with van der Waals surface area (Å²) in [6.45, 7) is 5.97. The highest BCUT2D eigenvalue weighted by Gasteiger charge is 2.46. The second-order valence-electron chi connectivity index (χ2n) is 9.06. The number of fused-ring (bicyclic) bond motifs is 2. The van der Waals surface area contributed by atoms with E-state index >= 15 is 0 Å². The van der Waals surface area contributed by atoms with Gasteiger partial charge in [-0.2, -0.15) is 0 Å². The van der Waals surface area contributed by atoms with E-state index in [0.717, 1.165) is 70.8 Å². The number of rotatable bonds is 5. The minimum absolute atomic E-state index is 0.124. The van der Waals surface area contributed by atoms with Gasteiger partial charge in [0.2, 0.25) is 5.82 Å². The van der Waals surface area contributed by atoms with Crippen molar-refractivity contribution >= 4 is 5.91 Å². The van der Waals surface area contributed by atoms with Gasteiger partial charge in [-0.05, 0) is 38.3 Å². The quantitative estimate of drug-likeness (QED) is 0.786. The smallest absolute Gasteiger partial charge is 0.289 e. The number of carbonyl (C=O) groups is 1. The molecule has 0 radical (unpaired) electrons. The van der Waals surface area contributed by atoms with E-state index < -0.39 is 0 Å². The van der Waals surface area contributed by atoms with Crippen LogP contribution in [0.1, 0.15) is 47.7 Å². The standard InChI is InChI=1S/C23H32N6O2/c1-27-13-14-29-20(21(30)24-16-19-8-5-15-31-19)25-26-22(29)23(27)9-11-28(12-10-23)17-18-6-3-2-4-7-18/h2-4,6-7,19H,5,8-17H2,1H3,(H,24,30). The van der Waals surface area contributed by atoms with E-state index in [-0.39, 0.29) is 17.6 Å². The lowest BCUT2D eigenvalue weighted by molar-refractivity contribution is 0.00612. The minimum Gasteiger partial charge on any atom is -0.376 e. The van der Waals surface area contributed by atoms with Crippen molar-refractivity contribution in [2.24, 2.45) is 0 Å². The third-order valence-electron chi connectivity index (χ3n) is 7.21. The molecule has 1 unspecified atom stereocenters. The van der Waals surface area contributed by atoms with Crippen molar-refractivity contribution in [2.45, 2.75) is 50.4 Å². The third-order valence-corrected chi connectivity index (χ3v) is 7.21. The summed E-state index contributed by atoms with van der Waals surface area (Å²) in [6.07, 6.45) is 4.18. The number of ether oxygens (including phenoxy) is 1. The Labute approximate surface area is 183 Å². The molecule has 8 nitrogen and oxygen atoms in total. The van der Waals surface area contributed by atoms with E-state index in [9.17, 15) is 4.79 Å². The highest BCUT2D eigenvalue weighted by atomic mass is 16.5. The Morgan fingerprint density at radius 1 is 1.16 bits per heavy atom. The molecule has 0 aliphatic carbocycles. The zero-order valence-electron chi connectivity index (χ0n) is 18.3. The summed E-state index contributed by atoms with van der Waals surface area (Å²) in [5.74, 6) is 1.24. The first kappa shape index (κ1) is 20.6. The van der Waals surface area contributed by atoms with E-state index in [2.05, 4.69) is 67.3 Å². The molecule has 4 heterocycles. The predicted molar refractivity (Wildman–Crippen MR) is 117 cm³/mol. The molecule has 2 aromatic rings. The maximum atomic E-state index is 12.8. The molecule has 3 aliphatic heterocycles. The minimum atomic E-state index is -0.147. The highest BCUT2D eigenvalue weighted by Crippen LogP contribution is 2.40. The molecule has 0 bridgehead atoms. The normalized spacial score (nSPS) is 23.7. The maximum Gasteiger partial charge on any atom is 0.289 e. The van der Waals surface area contributed by atoms with E-state index in [1.54, 1.807) is 0 Å². The van der Waals surface area contributed by atoms with Gasteiger partial charge in [0.1, 0.15) is 0 Å². The van der Waals surface area contributed by atoms with Crippen molar-refractivity contribution in [2.75, 3.05) is 39.8 Å². The predicted octanol–water partition coefficient (Wildman–Crippen LogP) is 1.62. The summed E-state index contributed by atoms with van der Waals surface area (Å²) in [5.41, 5.74) is 1.20. The molecule has 8 heteroatoms. The van der Waals surface area contributed by atoms with Crippen LogP contribution in [0.4, 0.5) is 0 Å². The molecule has 2 fully saturated rings. The number of nitrogens with zero attached hydrogens (tertiary/aromatic N) is 5. The Morgan fingerprint density at radius 2 is 1.97 bits per heavy atom. The number of nitrogens with one attached hydrogen (secondary N) is 1. The van der Waals surface area contributed by atoms with Crippen LogP contribution in [0.25, 0.3) is 0 Å². The van der Waals surface area contributed by atoms with Crippen LogP contribution in [0.3, 0.4) is 0 Å². The summed E-state index contributed by atoms with van der Waals surface area (Å²) in [7, 11) is 2.18.